The van der Waals surface area contributed by atoms with E-state index in [1.807, 2.05) is 23.3 Å². The van der Waals surface area contributed by atoms with Crippen LogP contribution in [0, 0.1) is 6.92 Å². The number of aromatic nitrogens is 3. The van der Waals surface area contributed by atoms with Crippen molar-refractivity contribution in [3.05, 3.63) is 33.5 Å². The Labute approximate surface area is 128 Å². The summed E-state index contributed by atoms with van der Waals surface area (Å²) in [5.74, 6) is 2.39. The number of nitrogens with zero attached hydrogens (tertiary/aromatic N) is 3. The first-order chi connectivity index (χ1) is 10.2. The quantitative estimate of drug-likeness (QED) is 0.948. The van der Waals surface area contributed by atoms with Crippen LogP contribution in [0.25, 0.3) is 0 Å². The summed E-state index contributed by atoms with van der Waals surface area (Å²) in [7, 11) is 0. The molecule has 0 spiro atoms. The molecule has 1 N–H and O–H groups in total. The molecule has 1 aliphatic rings. The van der Waals surface area contributed by atoms with Gasteiger partial charge in [0.2, 0.25) is 0 Å². The molecule has 3 heterocycles. The zero-order chi connectivity index (χ0) is 14.8. The first-order valence-electron chi connectivity index (χ1n) is 7.43. The lowest BCUT2D eigenvalue weighted by molar-refractivity contribution is 0.0715. The minimum Gasteiger partial charge on any atom is -0.338 e. The van der Waals surface area contributed by atoms with Crippen LogP contribution in [0.4, 0.5) is 0 Å². The number of hydrogen-bond donors (Lipinski definition) is 1. The molecule has 21 heavy (non-hydrogen) atoms. The van der Waals surface area contributed by atoms with E-state index in [4.69, 9.17) is 0 Å². The lowest BCUT2D eigenvalue weighted by atomic mass is 9.96. The maximum Gasteiger partial charge on any atom is 0.264 e. The first kappa shape index (κ1) is 14.3. The minimum atomic E-state index is 0.171. The molecule has 6 heteroatoms. The van der Waals surface area contributed by atoms with Crippen molar-refractivity contribution in [2.24, 2.45) is 0 Å². The van der Waals surface area contributed by atoms with E-state index in [1.165, 1.54) is 11.3 Å². The molecular formula is C15H20N4OS. The standard InChI is InChI=1S/C15H20N4OS/c1-3-12-16-14(18-17-12)11-4-7-19(8-5-11)15(20)13-10(2)6-9-21-13/h6,9,11H,3-5,7-8H2,1-2H3,(H,16,17,18). The number of rotatable bonds is 3. The summed E-state index contributed by atoms with van der Waals surface area (Å²) in [6.07, 6.45) is 2.76. The molecule has 1 fully saturated rings. The Morgan fingerprint density at radius 3 is 2.81 bits per heavy atom. The summed E-state index contributed by atoms with van der Waals surface area (Å²) in [5.41, 5.74) is 1.08. The van der Waals surface area contributed by atoms with E-state index < -0.39 is 0 Å². The Kier molecular flexibility index (Phi) is 4.05. The maximum atomic E-state index is 12.5. The molecule has 0 saturated carbocycles. The molecule has 2 aromatic heterocycles. The highest BCUT2D eigenvalue weighted by atomic mass is 32.1. The summed E-state index contributed by atoms with van der Waals surface area (Å²) < 4.78 is 0. The van der Waals surface area contributed by atoms with E-state index in [0.717, 1.165) is 54.4 Å². The van der Waals surface area contributed by atoms with Gasteiger partial charge in [0.25, 0.3) is 5.91 Å². The number of hydrogen-bond acceptors (Lipinski definition) is 4. The van der Waals surface area contributed by atoms with E-state index in [-0.39, 0.29) is 5.91 Å². The normalized spacial score (nSPS) is 16.4. The third kappa shape index (κ3) is 2.85. The highest BCUT2D eigenvalue weighted by Gasteiger charge is 2.27. The number of aryl methyl sites for hydroxylation is 2. The fourth-order valence-corrected chi connectivity index (χ4v) is 3.62. The van der Waals surface area contributed by atoms with E-state index in [0.29, 0.717) is 5.92 Å². The summed E-state index contributed by atoms with van der Waals surface area (Å²) in [6, 6.07) is 2.00. The van der Waals surface area contributed by atoms with Crippen LogP contribution in [0.1, 0.15) is 52.6 Å². The van der Waals surface area contributed by atoms with Crippen molar-refractivity contribution in [2.45, 2.75) is 39.0 Å². The molecule has 112 valence electrons. The van der Waals surface area contributed by atoms with E-state index >= 15 is 0 Å². The second kappa shape index (κ2) is 5.97. The van der Waals surface area contributed by atoms with Crippen LogP contribution in [0.5, 0.6) is 0 Å². The van der Waals surface area contributed by atoms with Gasteiger partial charge in [0, 0.05) is 25.4 Å². The van der Waals surface area contributed by atoms with E-state index in [1.54, 1.807) is 0 Å². The van der Waals surface area contributed by atoms with Crippen LogP contribution < -0.4 is 0 Å². The van der Waals surface area contributed by atoms with Gasteiger partial charge in [-0.25, -0.2) is 4.98 Å². The van der Waals surface area contributed by atoms with Crippen molar-refractivity contribution < 1.29 is 4.79 Å². The fourth-order valence-electron chi connectivity index (χ4n) is 2.73. The van der Waals surface area contributed by atoms with Crippen LogP contribution in [0.3, 0.4) is 0 Å². The predicted octanol–water partition coefficient (Wildman–Crippen LogP) is 2.76. The number of aromatic amines is 1. The second-order valence-corrected chi connectivity index (χ2v) is 6.41. The lowest BCUT2D eigenvalue weighted by Gasteiger charge is -2.30. The number of piperidine rings is 1. The molecule has 5 nitrogen and oxygen atoms in total. The number of H-pyrrole nitrogens is 1. The third-order valence-corrected chi connectivity index (χ3v) is 5.09. The highest BCUT2D eigenvalue weighted by Crippen LogP contribution is 2.27. The highest BCUT2D eigenvalue weighted by molar-refractivity contribution is 7.12. The van der Waals surface area contributed by atoms with Crippen molar-refractivity contribution in [1.29, 1.82) is 0 Å². The van der Waals surface area contributed by atoms with Crippen LogP contribution >= 0.6 is 11.3 Å². The zero-order valence-electron chi connectivity index (χ0n) is 12.4. The lowest BCUT2D eigenvalue weighted by Crippen LogP contribution is -2.38. The molecule has 1 amide bonds. The summed E-state index contributed by atoms with van der Waals surface area (Å²) in [4.78, 5) is 19.8. The number of thiophene rings is 1. The Balaban J connectivity index is 1.62. The van der Waals surface area contributed by atoms with Gasteiger partial charge < -0.3 is 4.90 Å². The van der Waals surface area contributed by atoms with Gasteiger partial charge in [0.15, 0.2) is 5.82 Å². The average molecular weight is 304 g/mol. The number of nitrogens with one attached hydrogen (secondary N) is 1. The largest absolute Gasteiger partial charge is 0.338 e. The molecule has 1 saturated heterocycles. The molecule has 3 rings (SSSR count). The first-order valence-corrected chi connectivity index (χ1v) is 8.31. The third-order valence-electron chi connectivity index (χ3n) is 4.09. The Morgan fingerprint density at radius 2 is 2.24 bits per heavy atom. The van der Waals surface area contributed by atoms with Crippen molar-refractivity contribution in [1.82, 2.24) is 20.1 Å². The Bertz CT molecular complexity index is 625. The van der Waals surface area contributed by atoms with Crippen molar-refractivity contribution in [2.75, 3.05) is 13.1 Å². The molecular weight excluding hydrogens is 284 g/mol. The van der Waals surface area contributed by atoms with Crippen molar-refractivity contribution in [3.8, 4) is 0 Å². The van der Waals surface area contributed by atoms with Gasteiger partial charge in [0.1, 0.15) is 5.82 Å². The molecule has 1 aliphatic heterocycles. The van der Waals surface area contributed by atoms with E-state index in [9.17, 15) is 4.79 Å². The smallest absolute Gasteiger partial charge is 0.264 e. The summed E-state index contributed by atoms with van der Waals surface area (Å²) in [6.45, 7) is 5.64. The predicted molar refractivity (Wildman–Crippen MR) is 82.7 cm³/mol. The topological polar surface area (TPSA) is 61.9 Å². The Hall–Kier alpha value is -1.69. The molecule has 0 aromatic carbocycles. The van der Waals surface area contributed by atoms with Crippen molar-refractivity contribution in [3.63, 3.8) is 0 Å². The van der Waals surface area contributed by atoms with Gasteiger partial charge in [-0.15, -0.1) is 11.3 Å². The fraction of sp³-hybridized carbons (Fsp3) is 0.533. The molecule has 0 unspecified atom stereocenters. The SMILES string of the molecule is CCc1nc(C2CCN(C(=O)c3sccc3C)CC2)n[nH]1. The van der Waals surface area contributed by atoms with Gasteiger partial charge in [-0.2, -0.15) is 5.10 Å². The van der Waals surface area contributed by atoms with Crippen LogP contribution in [-0.2, 0) is 6.42 Å². The van der Waals surface area contributed by atoms with E-state index in [2.05, 4.69) is 22.1 Å². The van der Waals surface area contributed by atoms with Gasteiger partial charge in [-0.3, -0.25) is 9.89 Å². The van der Waals surface area contributed by atoms with Gasteiger partial charge in [-0.1, -0.05) is 6.92 Å². The molecule has 0 bridgehead atoms. The van der Waals surface area contributed by atoms with Gasteiger partial charge in [-0.05, 0) is 36.8 Å². The molecule has 2 aromatic rings. The second-order valence-electron chi connectivity index (χ2n) is 5.49. The number of likely N-dealkylation sites (tertiary alicyclic amines) is 1. The zero-order valence-corrected chi connectivity index (χ0v) is 13.2. The maximum absolute atomic E-state index is 12.5. The molecule has 0 atom stereocenters. The molecule has 0 aliphatic carbocycles. The number of amides is 1. The molecule has 0 radical (unpaired) electrons. The van der Waals surface area contributed by atoms with Gasteiger partial charge >= 0.3 is 0 Å². The number of carbonyl (C=O) groups is 1. The van der Waals surface area contributed by atoms with Crippen LogP contribution in [0.15, 0.2) is 11.4 Å². The summed E-state index contributed by atoms with van der Waals surface area (Å²) >= 11 is 1.53. The van der Waals surface area contributed by atoms with Gasteiger partial charge in [0.05, 0.1) is 4.88 Å². The number of carbonyl (C=O) groups excluding carboxylic acids is 1. The van der Waals surface area contributed by atoms with Crippen molar-refractivity contribution >= 4 is 17.2 Å². The van der Waals surface area contributed by atoms with Crippen LogP contribution in [-0.4, -0.2) is 39.1 Å². The van der Waals surface area contributed by atoms with Crippen LogP contribution in [0.2, 0.25) is 0 Å². The minimum absolute atomic E-state index is 0.171. The average Bonchev–Trinajstić information content (AvgIpc) is 3.15. The Morgan fingerprint density at radius 1 is 1.48 bits per heavy atom. The summed E-state index contributed by atoms with van der Waals surface area (Å²) in [5, 5.41) is 9.27. The monoisotopic (exact) mass is 304 g/mol.